The molecule has 3 rings (SSSR count). The standard InChI is InChI=1S/C22H26N2O2/c1-18(25)23-13-15-24(16-14-23)21(26)22(2,20-11-7-4-8-12-20)17-19-9-5-3-6-10-19/h3-12H,13-17H2,1-2H3. The first kappa shape index (κ1) is 18.2. The Morgan fingerprint density at radius 2 is 1.35 bits per heavy atom. The van der Waals surface area contributed by atoms with E-state index in [1.54, 1.807) is 11.8 Å². The van der Waals surface area contributed by atoms with E-state index in [2.05, 4.69) is 12.1 Å². The molecule has 0 saturated carbocycles. The maximum atomic E-state index is 13.5. The van der Waals surface area contributed by atoms with Gasteiger partial charge in [0.2, 0.25) is 11.8 Å². The Labute approximate surface area is 155 Å². The molecule has 4 nitrogen and oxygen atoms in total. The number of rotatable bonds is 4. The second-order valence-electron chi connectivity index (χ2n) is 7.16. The zero-order valence-corrected chi connectivity index (χ0v) is 15.5. The Hall–Kier alpha value is -2.62. The number of carbonyl (C=O) groups excluding carboxylic acids is 2. The molecule has 136 valence electrons. The van der Waals surface area contributed by atoms with Crippen LogP contribution in [0.3, 0.4) is 0 Å². The monoisotopic (exact) mass is 350 g/mol. The molecule has 0 N–H and O–H groups in total. The maximum Gasteiger partial charge on any atom is 0.233 e. The molecule has 4 heteroatoms. The van der Waals surface area contributed by atoms with E-state index >= 15 is 0 Å². The Morgan fingerprint density at radius 3 is 1.88 bits per heavy atom. The normalized spacial score (nSPS) is 16.8. The fraction of sp³-hybridized carbons (Fsp3) is 0.364. The lowest BCUT2D eigenvalue weighted by Crippen LogP contribution is -2.55. The predicted octanol–water partition coefficient (Wildman–Crippen LogP) is 2.88. The first-order valence-corrected chi connectivity index (χ1v) is 9.15. The van der Waals surface area contributed by atoms with Gasteiger partial charge in [-0.25, -0.2) is 0 Å². The molecule has 0 aliphatic carbocycles. The third kappa shape index (κ3) is 3.79. The van der Waals surface area contributed by atoms with Crippen LogP contribution in [0.25, 0.3) is 0 Å². The molecule has 26 heavy (non-hydrogen) atoms. The van der Waals surface area contributed by atoms with E-state index in [9.17, 15) is 9.59 Å². The molecule has 1 unspecified atom stereocenters. The molecule has 1 saturated heterocycles. The minimum atomic E-state index is -0.624. The van der Waals surface area contributed by atoms with Crippen molar-refractivity contribution in [3.63, 3.8) is 0 Å². The van der Waals surface area contributed by atoms with Crippen LogP contribution in [0.2, 0.25) is 0 Å². The van der Waals surface area contributed by atoms with Gasteiger partial charge in [-0.05, 0) is 24.5 Å². The molecular formula is C22H26N2O2. The second-order valence-corrected chi connectivity index (χ2v) is 7.16. The number of carbonyl (C=O) groups is 2. The first-order chi connectivity index (χ1) is 12.5. The fourth-order valence-electron chi connectivity index (χ4n) is 3.68. The SMILES string of the molecule is CC(=O)N1CCN(C(=O)C(C)(Cc2ccccc2)c2ccccc2)CC1. The number of hydrogen-bond acceptors (Lipinski definition) is 2. The molecule has 0 radical (unpaired) electrons. The summed E-state index contributed by atoms with van der Waals surface area (Å²) in [4.78, 5) is 28.8. The van der Waals surface area contributed by atoms with Crippen molar-refractivity contribution in [2.75, 3.05) is 26.2 Å². The van der Waals surface area contributed by atoms with Crippen LogP contribution >= 0.6 is 0 Å². The van der Waals surface area contributed by atoms with Gasteiger partial charge in [0, 0.05) is 33.1 Å². The second kappa shape index (κ2) is 7.73. The van der Waals surface area contributed by atoms with Crippen LogP contribution in [0.15, 0.2) is 60.7 Å². The van der Waals surface area contributed by atoms with Gasteiger partial charge in [0.1, 0.15) is 0 Å². The van der Waals surface area contributed by atoms with E-state index in [4.69, 9.17) is 0 Å². The van der Waals surface area contributed by atoms with E-state index in [1.807, 2.05) is 60.4 Å². The van der Waals surface area contributed by atoms with Crippen LogP contribution < -0.4 is 0 Å². The molecule has 0 spiro atoms. The molecule has 2 aromatic carbocycles. The third-order valence-corrected chi connectivity index (χ3v) is 5.30. The van der Waals surface area contributed by atoms with Gasteiger partial charge < -0.3 is 9.80 Å². The highest BCUT2D eigenvalue weighted by Gasteiger charge is 2.39. The Bertz CT molecular complexity index is 752. The Kier molecular flexibility index (Phi) is 5.40. The van der Waals surface area contributed by atoms with Crippen molar-refractivity contribution in [2.24, 2.45) is 0 Å². The number of hydrogen-bond donors (Lipinski definition) is 0. The van der Waals surface area contributed by atoms with Crippen molar-refractivity contribution in [3.8, 4) is 0 Å². The topological polar surface area (TPSA) is 40.6 Å². The average Bonchev–Trinajstić information content (AvgIpc) is 2.69. The highest BCUT2D eigenvalue weighted by Crippen LogP contribution is 2.31. The van der Waals surface area contributed by atoms with Crippen LogP contribution in [0.4, 0.5) is 0 Å². The van der Waals surface area contributed by atoms with Crippen LogP contribution in [0.5, 0.6) is 0 Å². The minimum Gasteiger partial charge on any atom is -0.339 e. The van der Waals surface area contributed by atoms with Crippen molar-refractivity contribution in [2.45, 2.75) is 25.7 Å². The van der Waals surface area contributed by atoms with Crippen molar-refractivity contribution in [3.05, 3.63) is 71.8 Å². The largest absolute Gasteiger partial charge is 0.339 e. The van der Waals surface area contributed by atoms with E-state index in [0.717, 1.165) is 11.1 Å². The van der Waals surface area contributed by atoms with E-state index in [-0.39, 0.29) is 11.8 Å². The van der Waals surface area contributed by atoms with Gasteiger partial charge in [-0.15, -0.1) is 0 Å². The summed E-state index contributed by atoms with van der Waals surface area (Å²) in [6.45, 7) is 6.02. The van der Waals surface area contributed by atoms with E-state index in [0.29, 0.717) is 32.6 Å². The van der Waals surface area contributed by atoms with Gasteiger partial charge in [-0.2, -0.15) is 0 Å². The first-order valence-electron chi connectivity index (χ1n) is 9.15. The lowest BCUT2D eigenvalue weighted by atomic mass is 9.76. The molecule has 2 amide bonds. The van der Waals surface area contributed by atoms with Gasteiger partial charge in [0.25, 0.3) is 0 Å². The Balaban J connectivity index is 1.86. The summed E-state index contributed by atoms with van der Waals surface area (Å²) < 4.78 is 0. The predicted molar refractivity (Wildman–Crippen MR) is 103 cm³/mol. The molecular weight excluding hydrogens is 324 g/mol. The summed E-state index contributed by atoms with van der Waals surface area (Å²) >= 11 is 0. The highest BCUT2D eigenvalue weighted by atomic mass is 16.2. The van der Waals surface area contributed by atoms with Crippen LogP contribution in [-0.4, -0.2) is 47.8 Å². The summed E-state index contributed by atoms with van der Waals surface area (Å²) in [6.07, 6.45) is 0.656. The molecule has 0 aromatic heterocycles. The molecule has 2 aromatic rings. The van der Waals surface area contributed by atoms with Crippen molar-refractivity contribution in [1.29, 1.82) is 0 Å². The zero-order chi connectivity index (χ0) is 18.6. The van der Waals surface area contributed by atoms with Crippen molar-refractivity contribution in [1.82, 2.24) is 9.80 Å². The van der Waals surface area contributed by atoms with Crippen LogP contribution in [-0.2, 0) is 21.4 Å². The molecule has 0 bridgehead atoms. The van der Waals surface area contributed by atoms with Crippen LogP contribution in [0, 0.1) is 0 Å². The molecule has 1 aliphatic heterocycles. The summed E-state index contributed by atoms with van der Waals surface area (Å²) in [5.41, 5.74) is 1.55. The molecule has 1 atom stereocenters. The highest BCUT2D eigenvalue weighted by molar-refractivity contribution is 5.88. The molecule has 1 heterocycles. The van der Waals surface area contributed by atoms with Crippen LogP contribution in [0.1, 0.15) is 25.0 Å². The van der Waals surface area contributed by atoms with E-state index < -0.39 is 5.41 Å². The number of benzene rings is 2. The maximum absolute atomic E-state index is 13.5. The van der Waals surface area contributed by atoms with Gasteiger partial charge in [0.05, 0.1) is 5.41 Å². The number of nitrogens with zero attached hydrogens (tertiary/aromatic N) is 2. The van der Waals surface area contributed by atoms with Gasteiger partial charge >= 0.3 is 0 Å². The number of piperazine rings is 1. The lowest BCUT2D eigenvalue weighted by molar-refractivity contribution is -0.142. The van der Waals surface area contributed by atoms with Gasteiger partial charge in [-0.1, -0.05) is 60.7 Å². The van der Waals surface area contributed by atoms with Gasteiger partial charge in [-0.3, -0.25) is 9.59 Å². The third-order valence-electron chi connectivity index (χ3n) is 5.30. The number of amides is 2. The minimum absolute atomic E-state index is 0.0761. The Morgan fingerprint density at radius 1 is 0.846 bits per heavy atom. The summed E-state index contributed by atoms with van der Waals surface area (Å²) in [5, 5.41) is 0. The lowest BCUT2D eigenvalue weighted by Gasteiger charge is -2.40. The zero-order valence-electron chi connectivity index (χ0n) is 15.5. The van der Waals surface area contributed by atoms with Gasteiger partial charge in [0.15, 0.2) is 0 Å². The summed E-state index contributed by atoms with van der Waals surface area (Å²) in [6, 6.07) is 20.2. The molecule has 1 aliphatic rings. The smallest absolute Gasteiger partial charge is 0.233 e. The van der Waals surface area contributed by atoms with E-state index in [1.165, 1.54) is 0 Å². The summed E-state index contributed by atoms with van der Waals surface area (Å²) in [5.74, 6) is 0.211. The average molecular weight is 350 g/mol. The fourth-order valence-corrected chi connectivity index (χ4v) is 3.68. The van der Waals surface area contributed by atoms with Crippen molar-refractivity contribution >= 4 is 11.8 Å². The quantitative estimate of drug-likeness (QED) is 0.851. The van der Waals surface area contributed by atoms with Crippen molar-refractivity contribution < 1.29 is 9.59 Å². The summed E-state index contributed by atoms with van der Waals surface area (Å²) in [7, 11) is 0. The molecule has 1 fully saturated rings.